The Morgan fingerprint density at radius 2 is 1.50 bits per heavy atom. The molecule has 0 fully saturated rings. The Labute approximate surface area is 67.8 Å². The number of hydrogen-bond donors (Lipinski definition) is 1. The minimum Gasteiger partial charge on any atom is -0.790 e. The molecule has 0 aromatic heterocycles. The molecule has 6 heavy (non-hydrogen) atoms. The minimum atomic E-state index is -5.14. The molecule has 0 saturated carbocycles. The molecule has 4 nitrogen and oxygen atoms in total. The van der Waals surface area contributed by atoms with E-state index in [1.807, 2.05) is 0 Å². The average molecular weight is 237 g/mol. The summed E-state index contributed by atoms with van der Waals surface area (Å²) in [7, 11) is -5.14. The topological polar surface area (TPSA) is 83.4 Å². The quantitative estimate of drug-likeness (QED) is 0.485. The maximum atomic E-state index is 8.66. The second kappa shape index (κ2) is 3.47. The summed E-state index contributed by atoms with van der Waals surface area (Å²) in [5.74, 6) is 0. The van der Waals surface area contributed by atoms with Crippen molar-refractivity contribution in [3.63, 3.8) is 0 Å². The van der Waals surface area contributed by atoms with Gasteiger partial charge in [-0.1, -0.05) is 0 Å². The van der Waals surface area contributed by atoms with Gasteiger partial charge in [-0.15, -0.1) is 0 Å². The number of hydrogen-bond acceptors (Lipinski definition) is 3. The largest absolute Gasteiger partial charge is 2.00 e. The van der Waals surface area contributed by atoms with Gasteiger partial charge in [0.25, 0.3) is 0 Å². The van der Waals surface area contributed by atoms with E-state index in [1.165, 1.54) is 0 Å². The molecular formula is HO4PPr. The van der Waals surface area contributed by atoms with Gasteiger partial charge in [0.2, 0.25) is 0 Å². The van der Waals surface area contributed by atoms with Gasteiger partial charge >= 0.3 is 41.3 Å². The molecule has 0 rings (SSSR count). The Kier molecular flexibility index (Phi) is 6.05. The van der Waals surface area contributed by atoms with Crippen molar-refractivity contribution in [1.29, 1.82) is 0 Å². The van der Waals surface area contributed by atoms with Crippen molar-refractivity contribution in [2.45, 2.75) is 0 Å². The van der Waals surface area contributed by atoms with Gasteiger partial charge in [-0.05, 0) is 0 Å². The van der Waals surface area contributed by atoms with E-state index < -0.39 is 7.82 Å². The fourth-order valence-electron chi connectivity index (χ4n) is 0. The van der Waals surface area contributed by atoms with Crippen molar-refractivity contribution in [3.05, 3.63) is 0 Å². The summed E-state index contributed by atoms with van der Waals surface area (Å²) < 4.78 is 8.66. The predicted molar refractivity (Wildman–Crippen MR) is 9.83 cm³/mol. The van der Waals surface area contributed by atoms with Gasteiger partial charge < -0.3 is 19.2 Å². The Bertz CT molecular complexity index is 53.7. The number of rotatable bonds is 0. The third kappa shape index (κ3) is 50.4. The molecule has 0 aromatic carbocycles. The van der Waals surface area contributed by atoms with Crippen molar-refractivity contribution < 1.29 is 60.5 Å². The normalized spacial score (nSPS) is 9.83. The van der Waals surface area contributed by atoms with Crippen LogP contribution in [0.2, 0.25) is 0 Å². The van der Waals surface area contributed by atoms with Crippen LogP contribution in [0.1, 0.15) is 0 Å². The van der Waals surface area contributed by atoms with E-state index >= 15 is 0 Å². The van der Waals surface area contributed by atoms with Crippen LogP contribution >= 0.6 is 7.82 Å². The molecule has 0 unspecified atom stereocenters. The fraction of sp³-hybridized carbons (Fsp3) is 0. The minimum absolute atomic E-state index is 0. The van der Waals surface area contributed by atoms with Gasteiger partial charge in [-0.25, -0.2) is 0 Å². The van der Waals surface area contributed by atoms with Crippen LogP contribution in [0.15, 0.2) is 0 Å². The van der Waals surface area contributed by atoms with Crippen LogP contribution in [0.5, 0.6) is 0 Å². The van der Waals surface area contributed by atoms with E-state index in [-0.39, 0.29) is 41.3 Å². The van der Waals surface area contributed by atoms with E-state index in [9.17, 15) is 0 Å². The molecule has 0 heterocycles. The van der Waals surface area contributed by atoms with E-state index in [0.717, 1.165) is 0 Å². The summed E-state index contributed by atoms with van der Waals surface area (Å²) in [6, 6.07) is 0. The molecule has 1 radical (unpaired) electrons. The maximum absolute atomic E-state index is 8.66. The molecule has 6 heteroatoms. The van der Waals surface area contributed by atoms with Crippen LogP contribution in [0, 0.1) is 41.3 Å². The third-order valence-electron chi connectivity index (χ3n) is 0. The molecule has 0 aliphatic heterocycles. The first-order valence-electron chi connectivity index (χ1n) is 0.748. The molecule has 0 aliphatic rings. The monoisotopic (exact) mass is 237 g/mol. The zero-order valence-electron chi connectivity index (χ0n) is 2.70. The molecule has 0 saturated heterocycles. The van der Waals surface area contributed by atoms with Gasteiger partial charge in [-0.2, -0.15) is 0 Å². The Morgan fingerprint density at radius 1 is 1.50 bits per heavy atom. The van der Waals surface area contributed by atoms with E-state index in [2.05, 4.69) is 0 Å². The summed E-state index contributed by atoms with van der Waals surface area (Å²) in [6.07, 6.45) is 0. The molecule has 33 valence electrons. The summed E-state index contributed by atoms with van der Waals surface area (Å²) in [4.78, 5) is 24.3. The van der Waals surface area contributed by atoms with Crippen molar-refractivity contribution in [2.24, 2.45) is 0 Å². The van der Waals surface area contributed by atoms with Crippen LogP contribution in [0.3, 0.4) is 0 Å². The molecule has 0 amide bonds. The third-order valence-corrected chi connectivity index (χ3v) is 0. The Balaban J connectivity index is 0. The molecule has 0 bridgehead atoms. The Morgan fingerprint density at radius 3 is 1.50 bits per heavy atom. The van der Waals surface area contributed by atoms with Crippen molar-refractivity contribution in [2.75, 3.05) is 0 Å². The maximum Gasteiger partial charge on any atom is 2.00 e. The first-order chi connectivity index (χ1) is 2.00. The number of phosphoric acid groups is 1. The van der Waals surface area contributed by atoms with Crippen LogP contribution in [0.4, 0.5) is 0 Å². The van der Waals surface area contributed by atoms with Gasteiger partial charge in [-0.3, -0.25) is 0 Å². The van der Waals surface area contributed by atoms with Gasteiger partial charge in [0, 0.05) is 0 Å². The van der Waals surface area contributed by atoms with Crippen LogP contribution in [-0.2, 0) is 4.57 Å². The van der Waals surface area contributed by atoms with E-state index in [4.69, 9.17) is 19.2 Å². The molecule has 0 aromatic rings. The summed E-state index contributed by atoms with van der Waals surface area (Å²) >= 11 is 0. The van der Waals surface area contributed by atoms with Gasteiger partial charge in [0.1, 0.15) is 0 Å². The summed E-state index contributed by atoms with van der Waals surface area (Å²) in [5, 5.41) is 0. The first-order valence-corrected chi connectivity index (χ1v) is 2.24. The first kappa shape index (κ1) is 10.5. The molecular weight excluding hydrogens is 236 g/mol. The SMILES string of the molecule is O=P([O-])([O-])O.[Pr+2]. The molecule has 1 N–H and O–H groups in total. The van der Waals surface area contributed by atoms with Crippen molar-refractivity contribution in [3.8, 4) is 0 Å². The second-order valence-corrected chi connectivity index (χ2v) is 1.41. The van der Waals surface area contributed by atoms with Crippen LogP contribution < -0.4 is 9.79 Å². The van der Waals surface area contributed by atoms with Crippen molar-refractivity contribution >= 4 is 7.82 Å². The van der Waals surface area contributed by atoms with Crippen LogP contribution in [-0.4, -0.2) is 4.89 Å². The Hall–Kier alpha value is 1.47. The second-order valence-electron chi connectivity index (χ2n) is 0.469. The predicted octanol–water partition coefficient (Wildman–Crippen LogP) is -2.19. The smallest absolute Gasteiger partial charge is 0.790 e. The van der Waals surface area contributed by atoms with Gasteiger partial charge in [0.05, 0.1) is 7.82 Å². The standard InChI is InChI=1S/H3O4P.Pr/c1-5(2,3)4;/h(H3,1,2,3,4);/q;+2/p-2. The fourth-order valence-corrected chi connectivity index (χ4v) is 0. The van der Waals surface area contributed by atoms with Crippen LogP contribution in [0.25, 0.3) is 0 Å². The molecule has 0 atom stereocenters. The molecule has 0 aliphatic carbocycles. The van der Waals surface area contributed by atoms with E-state index in [0.29, 0.717) is 0 Å². The summed E-state index contributed by atoms with van der Waals surface area (Å²) in [5.41, 5.74) is 0. The average Bonchev–Trinajstić information content (AvgIpc) is 0.722. The van der Waals surface area contributed by atoms with Gasteiger partial charge in [0.15, 0.2) is 0 Å². The van der Waals surface area contributed by atoms with E-state index in [1.54, 1.807) is 0 Å². The zero-order chi connectivity index (χ0) is 4.50. The zero-order valence-corrected chi connectivity index (χ0v) is 7.30. The summed E-state index contributed by atoms with van der Waals surface area (Å²) in [6.45, 7) is 0. The molecule has 0 spiro atoms. The van der Waals surface area contributed by atoms with Crippen molar-refractivity contribution in [1.82, 2.24) is 0 Å².